The highest BCUT2D eigenvalue weighted by Gasteiger charge is 2.06. The van der Waals surface area contributed by atoms with E-state index >= 15 is 0 Å². The summed E-state index contributed by atoms with van der Waals surface area (Å²) in [5.41, 5.74) is 5.28. The summed E-state index contributed by atoms with van der Waals surface area (Å²) in [7, 11) is 3.20. The van der Waals surface area contributed by atoms with E-state index in [-0.39, 0.29) is 0 Å². The summed E-state index contributed by atoms with van der Waals surface area (Å²) in [4.78, 5) is 9.02. The molecule has 0 atom stereocenters. The number of nitrogens with one attached hydrogen (secondary N) is 1. The smallest absolute Gasteiger partial charge is 0.172 e. The second kappa shape index (κ2) is 10.6. The fourth-order valence-corrected chi connectivity index (χ4v) is 2.66. The molecule has 0 aliphatic rings. The van der Waals surface area contributed by atoms with Crippen molar-refractivity contribution in [3.8, 4) is 17.2 Å². The molecule has 0 aliphatic carbocycles. The van der Waals surface area contributed by atoms with E-state index in [1.165, 1.54) is 0 Å². The Balaban J connectivity index is 1.82. The zero-order valence-corrected chi connectivity index (χ0v) is 17.2. The van der Waals surface area contributed by atoms with Crippen LogP contribution in [0.15, 0.2) is 77.0 Å². The SMILES string of the molecule is CCOc1ccc(N=C(N/N=C\c2ccc(OC)c(OC)c2)c2ccccn2)cc1. The van der Waals surface area contributed by atoms with Crippen molar-refractivity contribution >= 4 is 17.7 Å². The van der Waals surface area contributed by atoms with Gasteiger partial charge >= 0.3 is 0 Å². The number of rotatable bonds is 8. The number of nitrogens with zero attached hydrogens (tertiary/aromatic N) is 3. The quantitative estimate of drug-likeness (QED) is 0.346. The van der Waals surface area contributed by atoms with Gasteiger partial charge in [-0.05, 0) is 67.1 Å². The molecule has 0 saturated heterocycles. The summed E-state index contributed by atoms with van der Waals surface area (Å²) in [6.07, 6.45) is 3.39. The monoisotopic (exact) mass is 404 g/mol. The van der Waals surface area contributed by atoms with Crippen LogP contribution in [0.25, 0.3) is 0 Å². The van der Waals surface area contributed by atoms with E-state index in [9.17, 15) is 0 Å². The van der Waals surface area contributed by atoms with Gasteiger partial charge in [-0.15, -0.1) is 0 Å². The van der Waals surface area contributed by atoms with Crippen molar-refractivity contribution in [1.82, 2.24) is 10.4 Å². The van der Waals surface area contributed by atoms with Gasteiger partial charge in [0.2, 0.25) is 0 Å². The highest BCUT2D eigenvalue weighted by Crippen LogP contribution is 2.26. The average molecular weight is 404 g/mol. The minimum Gasteiger partial charge on any atom is -0.494 e. The van der Waals surface area contributed by atoms with E-state index in [0.29, 0.717) is 29.6 Å². The maximum Gasteiger partial charge on any atom is 0.172 e. The molecule has 7 heteroatoms. The Morgan fingerprint density at radius 1 is 1.00 bits per heavy atom. The normalized spacial score (nSPS) is 11.4. The number of pyridine rings is 1. The molecule has 0 radical (unpaired) electrons. The lowest BCUT2D eigenvalue weighted by Gasteiger charge is -2.08. The lowest BCUT2D eigenvalue weighted by atomic mass is 10.2. The summed E-state index contributed by atoms with van der Waals surface area (Å²) in [6, 6.07) is 18.7. The van der Waals surface area contributed by atoms with Crippen LogP contribution in [0, 0.1) is 0 Å². The van der Waals surface area contributed by atoms with Gasteiger partial charge in [0.15, 0.2) is 17.3 Å². The minimum atomic E-state index is 0.525. The zero-order valence-electron chi connectivity index (χ0n) is 17.2. The molecule has 7 nitrogen and oxygen atoms in total. The molecule has 1 aromatic heterocycles. The van der Waals surface area contributed by atoms with Crippen LogP contribution in [-0.2, 0) is 0 Å². The molecule has 0 aliphatic heterocycles. The highest BCUT2D eigenvalue weighted by molar-refractivity contribution is 5.99. The van der Waals surface area contributed by atoms with Crippen LogP contribution < -0.4 is 19.6 Å². The largest absolute Gasteiger partial charge is 0.494 e. The van der Waals surface area contributed by atoms with Crippen LogP contribution in [0.2, 0.25) is 0 Å². The molecule has 0 unspecified atom stereocenters. The molecule has 0 spiro atoms. The van der Waals surface area contributed by atoms with Gasteiger partial charge < -0.3 is 14.2 Å². The van der Waals surface area contributed by atoms with Crippen LogP contribution in [0.4, 0.5) is 5.69 Å². The molecule has 154 valence electrons. The standard InChI is InChI=1S/C23H24N4O3/c1-4-30-19-11-9-18(10-12-19)26-23(20-7-5-6-14-24-20)27-25-16-17-8-13-21(28-2)22(15-17)29-3/h5-16H,4H2,1-3H3,(H,26,27)/b25-16-. The van der Waals surface area contributed by atoms with Crippen molar-refractivity contribution in [1.29, 1.82) is 0 Å². The first kappa shape index (κ1) is 20.9. The lowest BCUT2D eigenvalue weighted by Crippen LogP contribution is -2.20. The van der Waals surface area contributed by atoms with Crippen molar-refractivity contribution in [2.45, 2.75) is 6.92 Å². The number of aromatic nitrogens is 1. The molecule has 0 amide bonds. The Morgan fingerprint density at radius 2 is 1.80 bits per heavy atom. The molecular formula is C23H24N4O3. The Hall–Kier alpha value is -3.87. The van der Waals surface area contributed by atoms with Gasteiger partial charge in [-0.25, -0.2) is 4.99 Å². The zero-order chi connectivity index (χ0) is 21.2. The van der Waals surface area contributed by atoms with Crippen LogP contribution in [0.1, 0.15) is 18.2 Å². The summed E-state index contributed by atoms with van der Waals surface area (Å²) in [6.45, 7) is 2.57. The number of hydrazone groups is 1. The third-order valence-corrected chi connectivity index (χ3v) is 4.09. The molecule has 1 N–H and O–H groups in total. The summed E-state index contributed by atoms with van der Waals surface area (Å²) in [5.74, 6) is 2.62. The first-order valence-electron chi connectivity index (χ1n) is 9.47. The highest BCUT2D eigenvalue weighted by atomic mass is 16.5. The second-order valence-corrected chi connectivity index (χ2v) is 6.09. The summed E-state index contributed by atoms with van der Waals surface area (Å²) >= 11 is 0. The number of amidine groups is 1. The van der Waals surface area contributed by atoms with Gasteiger partial charge in [0.25, 0.3) is 0 Å². The van der Waals surface area contributed by atoms with E-state index in [1.54, 1.807) is 26.6 Å². The van der Waals surface area contributed by atoms with Crippen LogP contribution >= 0.6 is 0 Å². The molecule has 0 saturated carbocycles. The van der Waals surface area contributed by atoms with E-state index in [4.69, 9.17) is 14.2 Å². The maximum absolute atomic E-state index is 5.48. The predicted octanol–water partition coefficient (Wildman–Crippen LogP) is 4.20. The van der Waals surface area contributed by atoms with E-state index in [2.05, 4.69) is 20.5 Å². The van der Waals surface area contributed by atoms with Gasteiger partial charge in [0.1, 0.15) is 11.4 Å². The van der Waals surface area contributed by atoms with Crippen LogP contribution in [0.3, 0.4) is 0 Å². The van der Waals surface area contributed by atoms with Gasteiger partial charge in [-0.3, -0.25) is 10.4 Å². The fourth-order valence-electron chi connectivity index (χ4n) is 2.66. The van der Waals surface area contributed by atoms with Crippen molar-refractivity contribution < 1.29 is 14.2 Å². The van der Waals surface area contributed by atoms with Gasteiger partial charge in [-0.2, -0.15) is 5.10 Å². The van der Waals surface area contributed by atoms with Gasteiger partial charge in [0.05, 0.1) is 32.7 Å². The maximum atomic E-state index is 5.48. The lowest BCUT2D eigenvalue weighted by molar-refractivity contribution is 0.340. The molecule has 30 heavy (non-hydrogen) atoms. The molecule has 0 bridgehead atoms. The van der Waals surface area contributed by atoms with Crippen LogP contribution in [0.5, 0.6) is 17.2 Å². The van der Waals surface area contributed by atoms with Gasteiger partial charge in [-0.1, -0.05) is 6.07 Å². The molecular weight excluding hydrogens is 380 g/mol. The number of hydrogen-bond donors (Lipinski definition) is 1. The number of methoxy groups -OCH3 is 2. The Labute approximate surface area is 176 Å². The van der Waals surface area contributed by atoms with Crippen molar-refractivity contribution in [2.24, 2.45) is 10.1 Å². The molecule has 3 aromatic rings. The first-order valence-corrected chi connectivity index (χ1v) is 9.47. The Kier molecular flexibility index (Phi) is 7.38. The topological polar surface area (TPSA) is 77.3 Å². The van der Waals surface area contributed by atoms with E-state index in [1.807, 2.05) is 67.6 Å². The third-order valence-electron chi connectivity index (χ3n) is 4.09. The Morgan fingerprint density at radius 3 is 2.47 bits per heavy atom. The predicted molar refractivity (Wildman–Crippen MR) is 118 cm³/mol. The summed E-state index contributed by atoms with van der Waals surface area (Å²) < 4.78 is 16.1. The van der Waals surface area contributed by atoms with Crippen molar-refractivity contribution in [3.63, 3.8) is 0 Å². The Bertz CT molecular complexity index is 1000. The molecule has 2 aromatic carbocycles. The fraction of sp³-hybridized carbons (Fsp3) is 0.174. The first-order chi connectivity index (χ1) is 14.7. The van der Waals surface area contributed by atoms with E-state index in [0.717, 1.165) is 17.0 Å². The summed E-state index contributed by atoms with van der Waals surface area (Å²) in [5, 5.41) is 4.33. The number of benzene rings is 2. The molecule has 0 fully saturated rings. The second-order valence-electron chi connectivity index (χ2n) is 6.09. The number of ether oxygens (including phenoxy) is 3. The third kappa shape index (κ3) is 5.57. The van der Waals surface area contributed by atoms with E-state index < -0.39 is 0 Å². The molecule has 1 heterocycles. The minimum absolute atomic E-state index is 0.525. The van der Waals surface area contributed by atoms with Crippen LogP contribution in [-0.4, -0.2) is 37.9 Å². The van der Waals surface area contributed by atoms with Crippen molar-refractivity contribution in [3.05, 3.63) is 78.1 Å². The van der Waals surface area contributed by atoms with Gasteiger partial charge in [0, 0.05) is 6.20 Å². The molecule has 3 rings (SSSR count). The number of aliphatic imine (C=N–C) groups is 1. The average Bonchev–Trinajstić information content (AvgIpc) is 2.80. The van der Waals surface area contributed by atoms with Crippen molar-refractivity contribution in [2.75, 3.05) is 20.8 Å². The number of hydrogen-bond acceptors (Lipinski definition) is 6.